The summed E-state index contributed by atoms with van der Waals surface area (Å²) in [5.41, 5.74) is -9.43. The standard InChI is InChI=1S/C20H30F6O2.C13H18F6O/c1-11-12(2)16-7-13(11)6-14(16)8-18(19(21,22)23,20(24,25)26)28-10-15(27)9-17(3,4)5;1-6-7(2)10-4-8(6)3-9(10)5-11(20,12(14,15)16)13(17,18)19/h11-14,16H,6-10H2,1-5H3;6-10,20H,3-5H2,1-2H3. The summed E-state index contributed by atoms with van der Waals surface area (Å²) in [7, 11) is 0. The highest BCUT2D eigenvalue weighted by atomic mass is 19.4. The third kappa shape index (κ3) is 7.96. The van der Waals surface area contributed by atoms with E-state index in [0.29, 0.717) is 37.5 Å². The average molecular weight is 721 g/mol. The van der Waals surface area contributed by atoms with Crippen LogP contribution in [0.1, 0.15) is 93.4 Å². The third-order valence-electron chi connectivity index (χ3n) is 12.2. The van der Waals surface area contributed by atoms with Crippen molar-refractivity contribution in [1.82, 2.24) is 0 Å². The molecule has 4 aliphatic rings. The van der Waals surface area contributed by atoms with E-state index < -0.39 is 78.4 Å². The van der Waals surface area contributed by atoms with Crippen molar-refractivity contribution in [3.63, 3.8) is 0 Å². The Morgan fingerprint density at radius 3 is 1.27 bits per heavy atom. The highest BCUT2D eigenvalue weighted by molar-refractivity contribution is 5.80. The van der Waals surface area contributed by atoms with E-state index in [1.165, 1.54) is 0 Å². The molecule has 3 nitrogen and oxygen atoms in total. The number of carbonyl (C=O) groups excluding carboxylic acids is 1. The molecule has 0 aromatic heterocycles. The fourth-order valence-electron chi connectivity index (χ4n) is 9.26. The number of ether oxygens (including phenoxy) is 1. The number of Topliss-reactive ketones (excluding diaryl/α,β-unsaturated/α-hetero) is 1. The van der Waals surface area contributed by atoms with E-state index in [9.17, 15) is 62.6 Å². The van der Waals surface area contributed by atoms with Crippen LogP contribution in [0.5, 0.6) is 0 Å². The molecule has 15 heteroatoms. The summed E-state index contributed by atoms with van der Waals surface area (Å²) < 4.78 is 163. The molecule has 0 aromatic carbocycles. The summed E-state index contributed by atoms with van der Waals surface area (Å²) >= 11 is 0. The SMILES string of the molecule is CC1C2CC(CC(O)(C(F)(F)F)C(F)(F)F)C(C2)C1C.CC1C2CC(CC(OCC(=O)CC(C)(C)C)(C(F)(F)F)C(F)(F)F)C(C2)C1C. The average Bonchev–Trinajstić information content (AvgIpc) is 3.61. The van der Waals surface area contributed by atoms with Crippen molar-refractivity contribution in [3.8, 4) is 0 Å². The molecule has 1 N–H and O–H groups in total. The van der Waals surface area contributed by atoms with Crippen molar-refractivity contribution in [2.24, 2.45) is 64.6 Å². The highest BCUT2D eigenvalue weighted by Gasteiger charge is 2.74. The maximum Gasteiger partial charge on any atom is 0.426 e. The zero-order valence-corrected chi connectivity index (χ0v) is 28.2. The number of halogens is 12. The van der Waals surface area contributed by atoms with Gasteiger partial charge >= 0.3 is 24.7 Å². The number of hydrogen-bond acceptors (Lipinski definition) is 3. The van der Waals surface area contributed by atoms with E-state index in [-0.39, 0.29) is 41.9 Å². The summed E-state index contributed by atoms with van der Waals surface area (Å²) in [6, 6.07) is 0. The molecule has 0 spiro atoms. The number of hydrogen-bond donors (Lipinski definition) is 1. The van der Waals surface area contributed by atoms with Gasteiger partial charge in [0, 0.05) is 6.42 Å². The Morgan fingerprint density at radius 2 is 0.979 bits per heavy atom. The molecular formula is C33H48F12O3. The molecule has 4 aliphatic carbocycles. The minimum Gasteiger partial charge on any atom is -0.374 e. The van der Waals surface area contributed by atoms with Crippen molar-refractivity contribution >= 4 is 5.78 Å². The van der Waals surface area contributed by atoms with Crippen molar-refractivity contribution in [2.45, 2.75) is 129 Å². The fourth-order valence-corrected chi connectivity index (χ4v) is 9.26. The summed E-state index contributed by atoms with van der Waals surface area (Å²) in [5.74, 6) is -1.31. The Morgan fingerprint density at radius 1 is 0.604 bits per heavy atom. The van der Waals surface area contributed by atoms with Gasteiger partial charge in [0.2, 0.25) is 0 Å². The van der Waals surface area contributed by atoms with Gasteiger partial charge in [-0.15, -0.1) is 0 Å². The lowest BCUT2D eigenvalue weighted by atomic mass is 9.71. The Hall–Kier alpha value is -1.25. The van der Waals surface area contributed by atoms with Crippen LogP contribution in [0.15, 0.2) is 0 Å². The van der Waals surface area contributed by atoms with E-state index >= 15 is 0 Å². The first-order valence-electron chi connectivity index (χ1n) is 16.5. The van der Waals surface area contributed by atoms with Crippen molar-refractivity contribution in [3.05, 3.63) is 0 Å². The van der Waals surface area contributed by atoms with Gasteiger partial charge in [-0.1, -0.05) is 48.5 Å². The molecule has 0 radical (unpaired) electrons. The predicted octanol–water partition coefficient (Wildman–Crippen LogP) is 10.4. The molecule has 0 heterocycles. The first-order valence-corrected chi connectivity index (χ1v) is 16.5. The molecule has 4 bridgehead atoms. The Labute approximate surface area is 273 Å². The molecule has 0 aliphatic heterocycles. The first-order chi connectivity index (χ1) is 21.4. The first kappa shape index (κ1) is 41.2. The Kier molecular flexibility index (Phi) is 11.5. The number of fused-ring (bicyclic) bond motifs is 4. The predicted molar refractivity (Wildman–Crippen MR) is 152 cm³/mol. The second kappa shape index (κ2) is 13.4. The third-order valence-corrected chi connectivity index (χ3v) is 12.2. The van der Waals surface area contributed by atoms with Crippen LogP contribution in [0.2, 0.25) is 0 Å². The molecule has 4 fully saturated rings. The lowest BCUT2D eigenvalue weighted by Crippen LogP contribution is -2.60. The van der Waals surface area contributed by atoms with Crippen LogP contribution >= 0.6 is 0 Å². The van der Waals surface area contributed by atoms with Crippen LogP contribution in [0, 0.1) is 64.6 Å². The van der Waals surface area contributed by atoms with Gasteiger partial charge in [0.15, 0.2) is 5.78 Å². The maximum atomic E-state index is 13.8. The molecule has 4 saturated carbocycles. The number of alkyl halides is 12. The molecule has 0 saturated heterocycles. The minimum atomic E-state index is -5.69. The van der Waals surface area contributed by atoms with E-state index in [0.717, 1.165) is 0 Å². The van der Waals surface area contributed by atoms with Crippen LogP contribution in [-0.4, -0.2) is 53.4 Å². The van der Waals surface area contributed by atoms with E-state index in [2.05, 4.69) is 4.74 Å². The topological polar surface area (TPSA) is 46.5 Å². The quantitative estimate of drug-likeness (QED) is 0.254. The van der Waals surface area contributed by atoms with Gasteiger partial charge in [-0.3, -0.25) is 4.79 Å². The second-order valence-electron chi connectivity index (χ2n) is 16.4. The summed E-state index contributed by atoms with van der Waals surface area (Å²) in [5, 5.41) is 9.28. The second-order valence-corrected chi connectivity index (χ2v) is 16.4. The Balaban J connectivity index is 0.000000275. The van der Waals surface area contributed by atoms with E-state index in [1.54, 1.807) is 20.8 Å². The molecule has 282 valence electrons. The van der Waals surface area contributed by atoms with Gasteiger partial charge in [0.1, 0.15) is 6.61 Å². The van der Waals surface area contributed by atoms with Crippen LogP contribution in [0.25, 0.3) is 0 Å². The van der Waals surface area contributed by atoms with Gasteiger partial charge in [-0.05, 0) is 103 Å². The molecule has 0 amide bonds. The highest BCUT2D eigenvalue weighted by Crippen LogP contribution is 2.61. The largest absolute Gasteiger partial charge is 0.426 e. The van der Waals surface area contributed by atoms with Crippen LogP contribution in [0.4, 0.5) is 52.7 Å². The fraction of sp³-hybridized carbons (Fsp3) is 0.970. The van der Waals surface area contributed by atoms with Gasteiger partial charge in [-0.25, -0.2) is 0 Å². The van der Waals surface area contributed by atoms with Gasteiger partial charge in [-0.2, -0.15) is 52.7 Å². The molecule has 10 unspecified atom stereocenters. The van der Waals surface area contributed by atoms with Crippen molar-refractivity contribution in [1.29, 1.82) is 0 Å². The Bertz CT molecular complexity index is 1090. The summed E-state index contributed by atoms with van der Waals surface area (Å²) in [4.78, 5) is 12.0. The van der Waals surface area contributed by atoms with Gasteiger partial charge in [0.05, 0.1) is 0 Å². The number of rotatable bonds is 8. The monoisotopic (exact) mass is 720 g/mol. The number of carbonyl (C=O) groups is 1. The smallest absolute Gasteiger partial charge is 0.374 e. The van der Waals surface area contributed by atoms with Gasteiger partial charge < -0.3 is 9.84 Å². The summed E-state index contributed by atoms with van der Waals surface area (Å²) in [6.45, 7) is 11.6. The van der Waals surface area contributed by atoms with Crippen LogP contribution in [-0.2, 0) is 9.53 Å². The molecule has 48 heavy (non-hydrogen) atoms. The van der Waals surface area contributed by atoms with E-state index in [1.807, 2.05) is 27.7 Å². The van der Waals surface area contributed by atoms with Crippen LogP contribution in [0.3, 0.4) is 0 Å². The lowest BCUT2D eigenvalue weighted by Gasteiger charge is -2.41. The molecule has 0 aromatic rings. The van der Waals surface area contributed by atoms with Crippen LogP contribution < -0.4 is 0 Å². The lowest BCUT2D eigenvalue weighted by molar-refractivity contribution is -0.384. The minimum absolute atomic E-state index is 0.0884. The zero-order chi connectivity index (χ0) is 37.2. The number of aliphatic hydroxyl groups is 1. The molecular weight excluding hydrogens is 672 g/mol. The normalized spacial score (nSPS) is 34.4. The van der Waals surface area contributed by atoms with E-state index in [4.69, 9.17) is 0 Å². The molecule has 4 rings (SSSR count). The maximum absolute atomic E-state index is 13.8. The van der Waals surface area contributed by atoms with Crippen molar-refractivity contribution < 1.29 is 67.3 Å². The molecule has 10 atom stereocenters. The summed E-state index contributed by atoms with van der Waals surface area (Å²) in [6.07, 6.45) is -23.2. The van der Waals surface area contributed by atoms with Gasteiger partial charge in [0.25, 0.3) is 11.2 Å². The zero-order valence-electron chi connectivity index (χ0n) is 28.2. The van der Waals surface area contributed by atoms with Crippen molar-refractivity contribution in [2.75, 3.05) is 6.61 Å². The number of ketones is 1.